The lowest BCUT2D eigenvalue weighted by Crippen LogP contribution is -2.48. The second kappa shape index (κ2) is 6.72. The van der Waals surface area contributed by atoms with Crippen LogP contribution >= 0.6 is 0 Å². The van der Waals surface area contributed by atoms with Gasteiger partial charge in [-0.25, -0.2) is 9.59 Å². The highest BCUT2D eigenvalue weighted by atomic mass is 16.4. The van der Waals surface area contributed by atoms with Crippen molar-refractivity contribution in [2.45, 2.75) is 19.4 Å². The number of hydrogen-bond acceptors (Lipinski definition) is 3. The number of amides is 3. The van der Waals surface area contributed by atoms with Crippen LogP contribution in [0.1, 0.15) is 13.3 Å². The van der Waals surface area contributed by atoms with E-state index in [1.807, 2.05) is 0 Å². The second-order valence-electron chi connectivity index (χ2n) is 3.89. The zero-order valence-corrected chi connectivity index (χ0v) is 10.6. The summed E-state index contributed by atoms with van der Waals surface area (Å²) in [5.74, 6) is -1.32. The number of urea groups is 1. The summed E-state index contributed by atoms with van der Waals surface area (Å²) in [6, 6.07) is -1.51. The molecule has 0 heterocycles. The minimum Gasteiger partial charge on any atom is -0.480 e. The van der Waals surface area contributed by atoms with Crippen LogP contribution < -0.4 is 5.32 Å². The Balaban J connectivity index is 4.31. The van der Waals surface area contributed by atoms with Gasteiger partial charge in [-0.3, -0.25) is 4.79 Å². The molecule has 0 radical (unpaired) electrons. The van der Waals surface area contributed by atoms with Gasteiger partial charge in [-0.15, -0.1) is 0 Å². The van der Waals surface area contributed by atoms with Crippen molar-refractivity contribution in [1.29, 1.82) is 0 Å². The van der Waals surface area contributed by atoms with E-state index in [2.05, 4.69) is 5.32 Å². The van der Waals surface area contributed by atoms with Gasteiger partial charge in [0.1, 0.15) is 12.6 Å². The highest BCUT2D eigenvalue weighted by molar-refractivity contribution is 5.86. The molecule has 0 aromatic heterocycles. The highest BCUT2D eigenvalue weighted by Gasteiger charge is 2.21. The van der Waals surface area contributed by atoms with Crippen LogP contribution in [0.4, 0.5) is 4.79 Å². The van der Waals surface area contributed by atoms with Crippen molar-refractivity contribution in [2.75, 3.05) is 27.7 Å². The summed E-state index contributed by atoms with van der Waals surface area (Å²) < 4.78 is 0. The minimum absolute atomic E-state index is 0.0884. The van der Waals surface area contributed by atoms with Crippen molar-refractivity contribution in [2.24, 2.45) is 0 Å². The van der Waals surface area contributed by atoms with Crippen LogP contribution in [0.25, 0.3) is 0 Å². The molecule has 98 valence electrons. The number of nitrogens with one attached hydrogen (secondary N) is 1. The maximum absolute atomic E-state index is 11.6. The molecule has 0 saturated carbocycles. The molecule has 1 unspecified atom stereocenters. The number of rotatable bonds is 5. The zero-order chi connectivity index (χ0) is 13.6. The SMILES string of the molecule is CCC(NC(=O)N(C)CC(=O)N(C)C)C(=O)O. The lowest BCUT2D eigenvalue weighted by atomic mass is 10.2. The summed E-state index contributed by atoms with van der Waals surface area (Å²) in [5.41, 5.74) is 0. The van der Waals surface area contributed by atoms with Crippen molar-refractivity contribution in [1.82, 2.24) is 15.1 Å². The Bertz CT molecular complexity index is 304. The molecule has 0 saturated heterocycles. The fourth-order valence-electron chi connectivity index (χ4n) is 1.01. The molecule has 0 fully saturated rings. The van der Waals surface area contributed by atoms with Crippen LogP contribution in [0.3, 0.4) is 0 Å². The molecule has 7 nitrogen and oxygen atoms in total. The summed E-state index contributed by atoms with van der Waals surface area (Å²) in [5, 5.41) is 11.1. The van der Waals surface area contributed by atoms with Gasteiger partial charge in [0.15, 0.2) is 0 Å². The third kappa shape index (κ3) is 5.19. The molecule has 0 aliphatic carbocycles. The standard InChI is InChI=1S/C10H19N3O4/c1-5-7(9(15)16)11-10(17)13(4)6-8(14)12(2)3/h7H,5-6H2,1-4H3,(H,11,17)(H,15,16). The largest absolute Gasteiger partial charge is 0.480 e. The lowest BCUT2D eigenvalue weighted by molar-refractivity contribution is -0.139. The van der Waals surface area contributed by atoms with Crippen LogP contribution in [-0.2, 0) is 9.59 Å². The van der Waals surface area contributed by atoms with Crippen LogP contribution in [0.2, 0.25) is 0 Å². The first-order chi connectivity index (χ1) is 7.79. The maximum Gasteiger partial charge on any atom is 0.326 e. The van der Waals surface area contributed by atoms with Crippen molar-refractivity contribution < 1.29 is 19.5 Å². The molecule has 0 aromatic rings. The molecule has 1 atom stereocenters. The van der Waals surface area contributed by atoms with Crippen molar-refractivity contribution >= 4 is 17.9 Å². The van der Waals surface area contributed by atoms with Crippen LogP contribution in [-0.4, -0.2) is 66.5 Å². The second-order valence-corrected chi connectivity index (χ2v) is 3.89. The molecule has 0 aliphatic rings. The van der Waals surface area contributed by atoms with Crippen molar-refractivity contribution in [3.8, 4) is 0 Å². The first kappa shape index (κ1) is 15.2. The van der Waals surface area contributed by atoms with Gasteiger partial charge in [-0.05, 0) is 6.42 Å². The van der Waals surface area contributed by atoms with Crippen LogP contribution in [0.15, 0.2) is 0 Å². The first-order valence-electron chi connectivity index (χ1n) is 5.24. The van der Waals surface area contributed by atoms with Gasteiger partial charge < -0.3 is 20.2 Å². The molecule has 0 bridgehead atoms. The van der Waals surface area contributed by atoms with E-state index < -0.39 is 18.0 Å². The Labute approximate surface area is 100 Å². The van der Waals surface area contributed by atoms with E-state index in [-0.39, 0.29) is 18.9 Å². The molecule has 3 amide bonds. The number of carbonyl (C=O) groups is 3. The Hall–Kier alpha value is -1.79. The van der Waals surface area contributed by atoms with Gasteiger partial charge in [0.2, 0.25) is 5.91 Å². The number of nitrogens with zero attached hydrogens (tertiary/aromatic N) is 2. The van der Waals surface area contributed by atoms with E-state index >= 15 is 0 Å². The van der Waals surface area contributed by atoms with E-state index in [1.165, 1.54) is 11.9 Å². The summed E-state index contributed by atoms with van der Waals surface area (Å²) >= 11 is 0. The summed E-state index contributed by atoms with van der Waals surface area (Å²) in [6.07, 6.45) is 0.288. The zero-order valence-electron chi connectivity index (χ0n) is 10.6. The molecular formula is C10H19N3O4. The third-order valence-corrected chi connectivity index (χ3v) is 2.22. The van der Waals surface area contributed by atoms with Crippen molar-refractivity contribution in [3.05, 3.63) is 0 Å². The van der Waals surface area contributed by atoms with Gasteiger partial charge in [-0.1, -0.05) is 6.92 Å². The predicted molar refractivity (Wildman–Crippen MR) is 61.6 cm³/mol. The fourth-order valence-corrected chi connectivity index (χ4v) is 1.01. The van der Waals surface area contributed by atoms with Gasteiger partial charge >= 0.3 is 12.0 Å². The third-order valence-electron chi connectivity index (χ3n) is 2.22. The average Bonchev–Trinajstić information content (AvgIpc) is 2.24. The Morgan fingerprint density at radius 1 is 1.24 bits per heavy atom. The number of likely N-dealkylation sites (N-methyl/N-ethyl adjacent to an activating group) is 2. The summed E-state index contributed by atoms with van der Waals surface area (Å²) in [7, 11) is 4.60. The summed E-state index contributed by atoms with van der Waals surface area (Å²) in [6.45, 7) is 1.57. The molecule has 17 heavy (non-hydrogen) atoms. The molecule has 0 spiro atoms. The number of carboxylic acids is 1. The Kier molecular flexibility index (Phi) is 6.01. The number of aliphatic carboxylic acids is 1. The number of hydrogen-bond donors (Lipinski definition) is 2. The van der Waals surface area contributed by atoms with Gasteiger partial charge in [0, 0.05) is 21.1 Å². The van der Waals surface area contributed by atoms with Gasteiger partial charge in [-0.2, -0.15) is 0 Å². The van der Waals surface area contributed by atoms with E-state index in [4.69, 9.17) is 5.11 Å². The molecule has 0 aliphatic heterocycles. The molecule has 0 aromatic carbocycles. The molecule has 7 heteroatoms. The Morgan fingerprint density at radius 2 is 1.76 bits per heavy atom. The van der Waals surface area contributed by atoms with Crippen LogP contribution in [0, 0.1) is 0 Å². The van der Waals surface area contributed by atoms with E-state index in [1.54, 1.807) is 21.0 Å². The fraction of sp³-hybridized carbons (Fsp3) is 0.700. The summed E-state index contributed by atoms with van der Waals surface area (Å²) in [4.78, 5) is 36.1. The predicted octanol–water partition coefficient (Wildman–Crippen LogP) is -0.421. The van der Waals surface area contributed by atoms with Gasteiger partial charge in [0.05, 0.1) is 0 Å². The molecule has 0 rings (SSSR count). The van der Waals surface area contributed by atoms with Gasteiger partial charge in [0.25, 0.3) is 0 Å². The first-order valence-corrected chi connectivity index (χ1v) is 5.24. The normalized spacial score (nSPS) is 11.5. The number of carboxylic acid groups (broad SMARTS) is 1. The average molecular weight is 245 g/mol. The topological polar surface area (TPSA) is 90.0 Å². The quantitative estimate of drug-likeness (QED) is 0.688. The van der Waals surface area contributed by atoms with E-state index in [0.29, 0.717) is 0 Å². The van der Waals surface area contributed by atoms with Crippen molar-refractivity contribution in [3.63, 3.8) is 0 Å². The van der Waals surface area contributed by atoms with Crippen LogP contribution in [0.5, 0.6) is 0 Å². The lowest BCUT2D eigenvalue weighted by Gasteiger charge is -2.21. The smallest absolute Gasteiger partial charge is 0.326 e. The maximum atomic E-state index is 11.6. The Morgan fingerprint density at radius 3 is 2.12 bits per heavy atom. The monoisotopic (exact) mass is 245 g/mol. The highest BCUT2D eigenvalue weighted by Crippen LogP contribution is 1.94. The molecular weight excluding hydrogens is 226 g/mol. The van der Waals surface area contributed by atoms with E-state index in [0.717, 1.165) is 4.90 Å². The minimum atomic E-state index is -1.09. The number of carbonyl (C=O) groups excluding carboxylic acids is 2. The van der Waals surface area contributed by atoms with E-state index in [9.17, 15) is 14.4 Å². The molecule has 2 N–H and O–H groups in total.